The van der Waals surface area contributed by atoms with Gasteiger partial charge in [0.1, 0.15) is 0 Å². The van der Waals surface area contributed by atoms with Crippen LogP contribution in [0.4, 0.5) is 10.5 Å². The second kappa shape index (κ2) is 3.20. The standard InChI is InChI=1S/C9H7Cl2NO/c10-7-2-1-6-3-4-12(9(11)13)8(6)5-7/h1-2,5H,3-4H2. The summed E-state index contributed by atoms with van der Waals surface area (Å²) in [7, 11) is 0. The van der Waals surface area contributed by atoms with Gasteiger partial charge in [-0.2, -0.15) is 0 Å². The molecule has 13 heavy (non-hydrogen) atoms. The van der Waals surface area contributed by atoms with Crippen molar-refractivity contribution in [2.75, 3.05) is 11.4 Å². The Morgan fingerprint density at radius 2 is 2.23 bits per heavy atom. The maximum atomic E-state index is 11.0. The van der Waals surface area contributed by atoms with Gasteiger partial charge in [0.25, 0.3) is 0 Å². The Bertz CT molecular complexity index is 365. The summed E-state index contributed by atoms with van der Waals surface area (Å²) in [6.45, 7) is 0.651. The molecular weight excluding hydrogens is 209 g/mol. The summed E-state index contributed by atoms with van der Waals surface area (Å²) in [5.74, 6) is 0. The SMILES string of the molecule is O=C(Cl)N1CCc2ccc(Cl)cc21. The summed E-state index contributed by atoms with van der Waals surface area (Å²) in [6, 6.07) is 5.52. The summed E-state index contributed by atoms with van der Waals surface area (Å²) in [5, 5.41) is 0.185. The lowest BCUT2D eigenvalue weighted by atomic mass is 10.2. The van der Waals surface area contributed by atoms with Crippen molar-refractivity contribution in [2.45, 2.75) is 6.42 Å². The molecule has 1 amide bonds. The number of rotatable bonds is 0. The van der Waals surface area contributed by atoms with Gasteiger partial charge in [0, 0.05) is 17.3 Å². The van der Waals surface area contributed by atoms with Crippen molar-refractivity contribution in [2.24, 2.45) is 0 Å². The number of halogens is 2. The summed E-state index contributed by atoms with van der Waals surface area (Å²) in [5.41, 5.74) is 1.96. The van der Waals surface area contributed by atoms with Crippen molar-refractivity contribution in [3.05, 3.63) is 28.8 Å². The van der Waals surface area contributed by atoms with Gasteiger partial charge in [-0.15, -0.1) is 0 Å². The monoisotopic (exact) mass is 215 g/mol. The molecule has 0 aromatic heterocycles. The van der Waals surface area contributed by atoms with E-state index in [4.69, 9.17) is 23.2 Å². The first-order chi connectivity index (χ1) is 6.18. The molecule has 1 heterocycles. The molecule has 68 valence electrons. The molecule has 0 N–H and O–H groups in total. The van der Waals surface area contributed by atoms with E-state index in [2.05, 4.69) is 0 Å². The second-order valence-corrected chi connectivity index (χ2v) is 3.69. The van der Waals surface area contributed by atoms with Crippen LogP contribution in [0.3, 0.4) is 0 Å². The molecule has 0 atom stereocenters. The first kappa shape index (κ1) is 8.85. The Morgan fingerprint density at radius 1 is 1.46 bits per heavy atom. The van der Waals surface area contributed by atoms with Crippen LogP contribution in [-0.2, 0) is 6.42 Å². The molecule has 0 unspecified atom stereocenters. The van der Waals surface area contributed by atoms with Crippen LogP contribution in [0.2, 0.25) is 5.02 Å². The van der Waals surface area contributed by atoms with E-state index in [1.165, 1.54) is 4.90 Å². The Hall–Kier alpha value is -0.730. The normalized spacial score (nSPS) is 14.5. The Kier molecular flexibility index (Phi) is 2.18. The van der Waals surface area contributed by atoms with Crippen LogP contribution in [0.15, 0.2) is 18.2 Å². The molecule has 0 spiro atoms. The highest BCUT2D eigenvalue weighted by molar-refractivity contribution is 6.66. The lowest BCUT2D eigenvalue weighted by molar-refractivity contribution is 0.264. The molecule has 2 rings (SSSR count). The number of carbonyl (C=O) groups excluding carboxylic acids is 1. The Labute approximate surface area is 86.0 Å². The maximum absolute atomic E-state index is 11.0. The van der Waals surface area contributed by atoms with Crippen molar-refractivity contribution >= 4 is 34.3 Å². The predicted molar refractivity (Wildman–Crippen MR) is 53.8 cm³/mol. The van der Waals surface area contributed by atoms with Crippen molar-refractivity contribution in [3.8, 4) is 0 Å². The van der Waals surface area contributed by atoms with E-state index < -0.39 is 5.37 Å². The summed E-state index contributed by atoms with van der Waals surface area (Å²) in [4.78, 5) is 12.5. The minimum Gasteiger partial charge on any atom is -0.298 e. The number of hydrogen-bond acceptors (Lipinski definition) is 1. The fourth-order valence-corrected chi connectivity index (χ4v) is 1.88. The molecule has 1 aliphatic rings. The van der Waals surface area contributed by atoms with E-state index >= 15 is 0 Å². The first-order valence-corrected chi connectivity index (χ1v) is 4.69. The molecule has 1 aromatic rings. The van der Waals surface area contributed by atoms with Gasteiger partial charge in [0.15, 0.2) is 0 Å². The largest absolute Gasteiger partial charge is 0.320 e. The highest BCUT2D eigenvalue weighted by Gasteiger charge is 2.23. The third-order valence-corrected chi connectivity index (χ3v) is 2.59. The number of anilines is 1. The summed E-state index contributed by atoms with van der Waals surface area (Å²) >= 11 is 11.2. The number of hydrogen-bond donors (Lipinski definition) is 0. The second-order valence-electron chi connectivity index (χ2n) is 2.93. The van der Waals surface area contributed by atoms with Gasteiger partial charge in [0.05, 0.1) is 0 Å². The third-order valence-electron chi connectivity index (χ3n) is 2.16. The van der Waals surface area contributed by atoms with Gasteiger partial charge in [-0.25, -0.2) is 0 Å². The number of carbonyl (C=O) groups is 1. The van der Waals surface area contributed by atoms with Gasteiger partial charge < -0.3 is 0 Å². The molecule has 0 saturated carbocycles. The minimum absolute atomic E-state index is 0.444. The maximum Gasteiger partial charge on any atom is 0.320 e. The van der Waals surface area contributed by atoms with Crippen LogP contribution < -0.4 is 4.90 Å². The summed E-state index contributed by atoms with van der Waals surface area (Å²) < 4.78 is 0. The predicted octanol–water partition coefficient (Wildman–Crippen LogP) is 3.06. The zero-order chi connectivity index (χ0) is 9.42. The van der Waals surface area contributed by atoms with Crippen molar-refractivity contribution < 1.29 is 4.79 Å². The van der Waals surface area contributed by atoms with Crippen LogP contribution in [0.5, 0.6) is 0 Å². The molecule has 1 aromatic carbocycles. The number of fused-ring (bicyclic) bond motifs is 1. The first-order valence-electron chi connectivity index (χ1n) is 3.94. The molecule has 0 saturated heterocycles. The average molecular weight is 216 g/mol. The lowest BCUT2D eigenvalue weighted by Crippen LogP contribution is -2.22. The zero-order valence-corrected chi connectivity index (χ0v) is 8.27. The molecule has 0 fully saturated rings. The molecule has 0 radical (unpaired) electrons. The van der Waals surface area contributed by atoms with Gasteiger partial charge in [-0.05, 0) is 35.7 Å². The Balaban J connectivity index is 2.46. The molecule has 2 nitrogen and oxygen atoms in total. The van der Waals surface area contributed by atoms with E-state index in [-0.39, 0.29) is 0 Å². The van der Waals surface area contributed by atoms with Crippen LogP contribution in [0.25, 0.3) is 0 Å². The molecule has 0 aliphatic carbocycles. The van der Waals surface area contributed by atoms with Gasteiger partial charge in [-0.3, -0.25) is 9.69 Å². The van der Waals surface area contributed by atoms with Crippen LogP contribution in [-0.4, -0.2) is 11.9 Å². The number of amides is 1. The van der Waals surface area contributed by atoms with E-state index in [0.717, 1.165) is 17.7 Å². The van der Waals surface area contributed by atoms with Gasteiger partial charge in [0.2, 0.25) is 0 Å². The van der Waals surface area contributed by atoms with Crippen molar-refractivity contribution in [1.29, 1.82) is 0 Å². The zero-order valence-electron chi connectivity index (χ0n) is 6.76. The topological polar surface area (TPSA) is 20.3 Å². The van der Waals surface area contributed by atoms with E-state index in [9.17, 15) is 4.79 Å². The smallest absolute Gasteiger partial charge is 0.298 e. The van der Waals surface area contributed by atoms with Crippen LogP contribution >= 0.6 is 23.2 Å². The summed E-state index contributed by atoms with van der Waals surface area (Å²) in [6.07, 6.45) is 0.852. The minimum atomic E-state index is -0.444. The molecule has 0 bridgehead atoms. The number of nitrogens with zero attached hydrogens (tertiary/aromatic N) is 1. The molecular formula is C9H7Cl2NO. The Morgan fingerprint density at radius 3 is 2.92 bits per heavy atom. The fraction of sp³-hybridized carbons (Fsp3) is 0.222. The average Bonchev–Trinajstić information content (AvgIpc) is 2.46. The van der Waals surface area contributed by atoms with E-state index in [1.54, 1.807) is 6.07 Å². The van der Waals surface area contributed by atoms with Gasteiger partial charge in [-0.1, -0.05) is 17.7 Å². The van der Waals surface area contributed by atoms with Crippen LogP contribution in [0.1, 0.15) is 5.56 Å². The highest BCUT2D eigenvalue weighted by Crippen LogP contribution is 2.31. The highest BCUT2D eigenvalue weighted by atomic mass is 35.5. The van der Waals surface area contributed by atoms with Crippen molar-refractivity contribution in [1.82, 2.24) is 0 Å². The fourth-order valence-electron chi connectivity index (χ4n) is 1.53. The van der Waals surface area contributed by atoms with Gasteiger partial charge >= 0.3 is 5.37 Å². The number of benzene rings is 1. The molecule has 4 heteroatoms. The quantitative estimate of drug-likeness (QED) is 0.482. The van der Waals surface area contributed by atoms with Crippen molar-refractivity contribution in [3.63, 3.8) is 0 Å². The van der Waals surface area contributed by atoms with Crippen LogP contribution in [0, 0.1) is 0 Å². The van der Waals surface area contributed by atoms with E-state index in [0.29, 0.717) is 11.6 Å². The van der Waals surface area contributed by atoms with E-state index in [1.807, 2.05) is 12.1 Å². The third kappa shape index (κ3) is 1.52. The molecule has 1 aliphatic heterocycles. The lowest BCUT2D eigenvalue weighted by Gasteiger charge is -2.12.